The highest BCUT2D eigenvalue weighted by Gasteiger charge is 2.42. The first-order valence-electron chi connectivity index (χ1n) is 11.0. The summed E-state index contributed by atoms with van der Waals surface area (Å²) in [7, 11) is 0. The van der Waals surface area contributed by atoms with E-state index in [0.29, 0.717) is 18.4 Å². The molecule has 2 atom stereocenters. The SMILES string of the molecule is O=C(C1Cc2ccccc2N2CCOCC12)N1CCC(Cc2ccccc2)CC1. The number of morpholine rings is 1. The van der Waals surface area contributed by atoms with Gasteiger partial charge in [0.05, 0.1) is 25.2 Å². The number of likely N-dealkylation sites (tertiary alicyclic amines) is 1. The van der Waals surface area contributed by atoms with E-state index in [-0.39, 0.29) is 12.0 Å². The Labute approximate surface area is 173 Å². The zero-order valence-electron chi connectivity index (χ0n) is 17.0. The van der Waals surface area contributed by atoms with Gasteiger partial charge in [0.25, 0.3) is 0 Å². The van der Waals surface area contributed by atoms with Crippen LogP contribution in [0.5, 0.6) is 0 Å². The second kappa shape index (κ2) is 8.19. The summed E-state index contributed by atoms with van der Waals surface area (Å²) in [5.74, 6) is 1.03. The number of anilines is 1. The van der Waals surface area contributed by atoms with Crippen LogP contribution in [0, 0.1) is 11.8 Å². The standard InChI is InChI=1S/C25H30N2O2/c28-25(26-12-10-20(11-13-26)16-19-6-2-1-3-7-19)22-17-21-8-4-5-9-23(21)27-14-15-29-18-24(22)27/h1-9,20,22,24H,10-18H2. The lowest BCUT2D eigenvalue weighted by atomic mass is 9.83. The van der Waals surface area contributed by atoms with Crippen molar-refractivity contribution in [3.63, 3.8) is 0 Å². The summed E-state index contributed by atoms with van der Waals surface area (Å²) < 4.78 is 5.79. The molecule has 3 aliphatic rings. The third-order valence-corrected chi connectivity index (χ3v) is 6.98. The minimum Gasteiger partial charge on any atom is -0.377 e. The number of hydrogen-bond acceptors (Lipinski definition) is 3. The summed E-state index contributed by atoms with van der Waals surface area (Å²) in [5, 5.41) is 0. The van der Waals surface area contributed by atoms with Crippen LogP contribution >= 0.6 is 0 Å². The molecule has 0 bridgehead atoms. The number of rotatable bonds is 3. The summed E-state index contributed by atoms with van der Waals surface area (Å²) in [6, 6.07) is 19.5. The molecule has 2 aromatic rings. The number of fused-ring (bicyclic) bond motifs is 3. The van der Waals surface area contributed by atoms with Crippen LogP contribution in [0.25, 0.3) is 0 Å². The van der Waals surface area contributed by atoms with Gasteiger partial charge in [-0.15, -0.1) is 0 Å². The lowest BCUT2D eigenvalue weighted by Gasteiger charge is -2.47. The molecular weight excluding hydrogens is 360 g/mol. The molecule has 2 saturated heterocycles. The van der Waals surface area contributed by atoms with Crippen molar-refractivity contribution >= 4 is 11.6 Å². The number of hydrogen-bond donors (Lipinski definition) is 0. The Morgan fingerprint density at radius 3 is 2.55 bits per heavy atom. The van der Waals surface area contributed by atoms with Gasteiger partial charge in [0, 0.05) is 25.3 Å². The van der Waals surface area contributed by atoms with Crippen LogP contribution in [0.2, 0.25) is 0 Å². The average Bonchev–Trinajstić information content (AvgIpc) is 2.79. The van der Waals surface area contributed by atoms with Gasteiger partial charge < -0.3 is 14.5 Å². The van der Waals surface area contributed by atoms with Crippen molar-refractivity contribution in [2.45, 2.75) is 31.7 Å². The zero-order chi connectivity index (χ0) is 19.6. The van der Waals surface area contributed by atoms with Gasteiger partial charge >= 0.3 is 0 Å². The summed E-state index contributed by atoms with van der Waals surface area (Å²) in [5.41, 5.74) is 4.02. The minimum absolute atomic E-state index is 0.0101. The molecule has 0 aliphatic carbocycles. The average molecular weight is 391 g/mol. The van der Waals surface area contributed by atoms with E-state index in [2.05, 4.69) is 64.4 Å². The second-order valence-electron chi connectivity index (χ2n) is 8.73. The van der Waals surface area contributed by atoms with Gasteiger partial charge in [-0.2, -0.15) is 0 Å². The molecule has 0 spiro atoms. The first kappa shape index (κ1) is 18.7. The molecule has 0 aromatic heterocycles. The smallest absolute Gasteiger partial charge is 0.228 e. The Balaban J connectivity index is 1.26. The molecule has 29 heavy (non-hydrogen) atoms. The van der Waals surface area contributed by atoms with Crippen molar-refractivity contribution in [1.29, 1.82) is 0 Å². The molecule has 3 aliphatic heterocycles. The van der Waals surface area contributed by atoms with Gasteiger partial charge in [0.1, 0.15) is 0 Å². The molecule has 4 nitrogen and oxygen atoms in total. The first-order chi connectivity index (χ1) is 14.3. The predicted octanol–water partition coefficient (Wildman–Crippen LogP) is 3.55. The van der Waals surface area contributed by atoms with Crippen molar-refractivity contribution in [2.75, 3.05) is 37.7 Å². The van der Waals surface area contributed by atoms with Gasteiger partial charge in [-0.05, 0) is 48.8 Å². The fraction of sp³-hybridized carbons (Fsp3) is 0.480. The van der Waals surface area contributed by atoms with Gasteiger partial charge in [0.15, 0.2) is 0 Å². The second-order valence-corrected chi connectivity index (χ2v) is 8.73. The highest BCUT2D eigenvalue weighted by Crippen LogP contribution is 2.36. The molecule has 152 valence electrons. The Morgan fingerprint density at radius 1 is 0.966 bits per heavy atom. The number of para-hydroxylation sites is 1. The van der Waals surface area contributed by atoms with Gasteiger partial charge in [-0.25, -0.2) is 0 Å². The largest absolute Gasteiger partial charge is 0.377 e. The van der Waals surface area contributed by atoms with E-state index in [1.165, 1.54) is 16.8 Å². The summed E-state index contributed by atoms with van der Waals surface area (Å²) in [4.78, 5) is 18.1. The Hall–Kier alpha value is -2.33. The highest BCUT2D eigenvalue weighted by atomic mass is 16.5. The van der Waals surface area contributed by atoms with Crippen LogP contribution in [0.4, 0.5) is 5.69 Å². The van der Waals surface area contributed by atoms with E-state index in [4.69, 9.17) is 4.74 Å². The lowest BCUT2D eigenvalue weighted by Crippen LogP contribution is -2.57. The minimum atomic E-state index is 0.0101. The topological polar surface area (TPSA) is 32.8 Å². The molecular formula is C25H30N2O2. The Morgan fingerprint density at radius 2 is 1.72 bits per heavy atom. The molecule has 3 heterocycles. The Kier molecular flexibility index (Phi) is 5.28. The molecule has 0 radical (unpaired) electrons. The summed E-state index contributed by atoms with van der Waals surface area (Å²) >= 11 is 0. The highest BCUT2D eigenvalue weighted by molar-refractivity contribution is 5.82. The molecule has 0 N–H and O–H groups in total. The number of amides is 1. The van der Waals surface area contributed by atoms with Crippen molar-refractivity contribution in [3.05, 3.63) is 65.7 Å². The van der Waals surface area contributed by atoms with Crippen molar-refractivity contribution in [2.24, 2.45) is 11.8 Å². The maximum Gasteiger partial charge on any atom is 0.228 e. The van der Waals surface area contributed by atoms with Crippen LogP contribution in [-0.2, 0) is 22.4 Å². The Bertz CT molecular complexity index is 845. The quantitative estimate of drug-likeness (QED) is 0.804. The molecule has 1 amide bonds. The van der Waals surface area contributed by atoms with E-state index in [0.717, 1.165) is 51.9 Å². The number of ether oxygens (including phenoxy) is 1. The normalized spacial score (nSPS) is 24.7. The van der Waals surface area contributed by atoms with E-state index in [9.17, 15) is 4.79 Å². The van der Waals surface area contributed by atoms with Crippen molar-refractivity contribution in [1.82, 2.24) is 4.90 Å². The fourth-order valence-electron chi connectivity index (χ4n) is 5.38. The number of carbonyl (C=O) groups excluding carboxylic acids is 1. The number of nitrogens with zero attached hydrogens (tertiary/aromatic N) is 2. The van der Waals surface area contributed by atoms with Crippen molar-refractivity contribution in [3.8, 4) is 0 Å². The monoisotopic (exact) mass is 390 g/mol. The third-order valence-electron chi connectivity index (χ3n) is 6.98. The molecule has 2 fully saturated rings. The summed E-state index contributed by atoms with van der Waals surface area (Å²) in [6.45, 7) is 4.07. The third kappa shape index (κ3) is 3.78. The van der Waals surface area contributed by atoms with Crippen molar-refractivity contribution < 1.29 is 9.53 Å². The lowest BCUT2D eigenvalue weighted by molar-refractivity contribution is -0.139. The maximum absolute atomic E-state index is 13.5. The van der Waals surface area contributed by atoms with Gasteiger partial charge in [0.2, 0.25) is 5.91 Å². The van der Waals surface area contributed by atoms with Crippen LogP contribution < -0.4 is 4.90 Å². The zero-order valence-corrected chi connectivity index (χ0v) is 17.0. The molecule has 2 unspecified atom stereocenters. The maximum atomic E-state index is 13.5. The predicted molar refractivity (Wildman–Crippen MR) is 115 cm³/mol. The summed E-state index contributed by atoms with van der Waals surface area (Å²) in [6.07, 6.45) is 4.18. The molecule has 5 rings (SSSR count). The van der Waals surface area contributed by atoms with Crippen LogP contribution in [0.15, 0.2) is 54.6 Å². The van der Waals surface area contributed by atoms with E-state index >= 15 is 0 Å². The van der Waals surface area contributed by atoms with E-state index in [1.54, 1.807) is 0 Å². The number of benzene rings is 2. The van der Waals surface area contributed by atoms with Gasteiger partial charge in [-0.3, -0.25) is 4.79 Å². The number of carbonyl (C=O) groups is 1. The molecule has 4 heteroatoms. The fourth-order valence-corrected chi connectivity index (χ4v) is 5.38. The van der Waals surface area contributed by atoms with E-state index < -0.39 is 0 Å². The van der Waals surface area contributed by atoms with Crippen LogP contribution in [-0.4, -0.2) is 49.7 Å². The van der Waals surface area contributed by atoms with Gasteiger partial charge in [-0.1, -0.05) is 48.5 Å². The van der Waals surface area contributed by atoms with Crippen LogP contribution in [0.3, 0.4) is 0 Å². The molecule has 2 aromatic carbocycles. The first-order valence-corrected chi connectivity index (χ1v) is 11.0. The molecule has 0 saturated carbocycles. The number of piperidine rings is 1. The van der Waals surface area contributed by atoms with E-state index in [1.807, 2.05) is 0 Å². The van der Waals surface area contributed by atoms with Crippen LogP contribution in [0.1, 0.15) is 24.0 Å².